The van der Waals surface area contributed by atoms with Crippen LogP contribution in [0, 0.1) is 13.8 Å². The Morgan fingerprint density at radius 3 is 1.71 bits per heavy atom. The van der Waals surface area contributed by atoms with Gasteiger partial charge in [0.2, 0.25) is 0 Å². The van der Waals surface area contributed by atoms with Gasteiger partial charge in [-0.1, -0.05) is 30.5 Å². The van der Waals surface area contributed by atoms with Crippen molar-refractivity contribution in [2.45, 2.75) is 38.3 Å². The lowest BCUT2D eigenvalue weighted by Crippen LogP contribution is -1.95. The van der Waals surface area contributed by atoms with E-state index in [0.29, 0.717) is 0 Å². The van der Waals surface area contributed by atoms with Gasteiger partial charge in [0.25, 0.3) is 0 Å². The third-order valence-electron chi connectivity index (χ3n) is 1.91. The molecular weight excluding hydrogens is 209 g/mol. The zero-order chi connectivity index (χ0) is 11.0. The van der Waals surface area contributed by atoms with Crippen molar-refractivity contribution < 1.29 is 0 Å². The van der Waals surface area contributed by atoms with Gasteiger partial charge in [0.1, 0.15) is 0 Å². The summed E-state index contributed by atoms with van der Waals surface area (Å²) >= 11 is -0.688. The summed E-state index contributed by atoms with van der Waals surface area (Å²) in [5.41, 5.74) is 2.18. The van der Waals surface area contributed by atoms with Crippen LogP contribution in [0.4, 0.5) is 0 Å². The average molecular weight is 228 g/mol. The van der Waals surface area contributed by atoms with Crippen molar-refractivity contribution in [3.05, 3.63) is 29.6 Å². The van der Waals surface area contributed by atoms with Crippen molar-refractivity contribution in [1.82, 2.24) is 4.98 Å². The van der Waals surface area contributed by atoms with Crippen LogP contribution in [-0.2, 0) is 0 Å². The van der Waals surface area contributed by atoms with E-state index in [9.17, 15) is 0 Å². The Hall–Kier alpha value is -0.0275. The van der Waals surface area contributed by atoms with Gasteiger partial charge < -0.3 is 0 Å². The first-order valence-electron chi connectivity index (χ1n) is 5.14. The van der Waals surface area contributed by atoms with Crippen LogP contribution >= 0.6 is 10.0 Å². The van der Waals surface area contributed by atoms with Gasteiger partial charge in [0.15, 0.2) is 0 Å². The lowest BCUT2D eigenvalue weighted by atomic mass is 10.3. The summed E-state index contributed by atoms with van der Waals surface area (Å²) in [5.74, 6) is 0. The Bertz CT molecular complexity index is 232. The van der Waals surface area contributed by atoms with Gasteiger partial charge in [0.05, 0.1) is 0 Å². The smallest absolute Gasteiger partial charge is 0.261 e. The second-order valence-corrected chi connectivity index (χ2v) is 8.01. The Morgan fingerprint density at radius 1 is 1.14 bits per heavy atom. The minimum absolute atomic E-state index is 0.688. The fourth-order valence-corrected chi connectivity index (χ4v) is 1.55. The van der Waals surface area contributed by atoms with E-state index in [1.807, 2.05) is 32.0 Å². The normalized spacial score (nSPS) is 8.93. The fourth-order valence-electron chi connectivity index (χ4n) is 0.968. The standard InChI is InChI=1S/C7H9N.2C2H5.Al.ClH/c1-6-4-3-5-7(2)8-6;2*1-2;;/h3-5H,1-2H3;2*1H2,2H3;;1H/q;;;+1;/p-1. The number of aromatic nitrogens is 1. The molecule has 0 amide bonds. The molecule has 0 N–H and O–H groups in total. The van der Waals surface area contributed by atoms with Crippen molar-refractivity contribution >= 4 is 23.3 Å². The Morgan fingerprint density at radius 2 is 1.57 bits per heavy atom. The van der Waals surface area contributed by atoms with Crippen LogP contribution in [0.3, 0.4) is 0 Å². The molecule has 3 heteroatoms. The molecule has 1 heterocycles. The van der Waals surface area contributed by atoms with Crippen molar-refractivity contribution in [1.29, 1.82) is 0 Å². The Kier molecular flexibility index (Phi) is 8.28. The van der Waals surface area contributed by atoms with Crippen LogP contribution < -0.4 is 0 Å². The molecule has 0 aromatic carbocycles. The molecule has 1 nitrogen and oxygen atoms in total. The maximum absolute atomic E-state index is 5.79. The summed E-state index contributed by atoms with van der Waals surface area (Å²) in [5, 5.41) is 2.47. The fraction of sp³-hybridized carbons (Fsp3) is 0.545. The molecule has 0 spiro atoms. The predicted molar refractivity (Wildman–Crippen MR) is 66.3 cm³/mol. The van der Waals surface area contributed by atoms with E-state index in [1.54, 1.807) is 0 Å². The molecule has 0 bridgehead atoms. The second-order valence-electron chi connectivity index (χ2n) is 3.33. The summed E-state index contributed by atoms with van der Waals surface area (Å²) in [6.07, 6.45) is 0. The molecule has 0 radical (unpaired) electrons. The SMILES string of the molecule is C[CH2][Al]([Cl])[CH2]C.Cc1cccc(C)n1. The minimum atomic E-state index is -0.688. The number of rotatable bonds is 2. The highest BCUT2D eigenvalue weighted by Gasteiger charge is 2.04. The van der Waals surface area contributed by atoms with Gasteiger partial charge in [-0.2, -0.15) is 0 Å². The van der Waals surface area contributed by atoms with Gasteiger partial charge in [-0.25, -0.2) is 0 Å². The van der Waals surface area contributed by atoms with Gasteiger partial charge in [0, 0.05) is 11.4 Å². The molecule has 78 valence electrons. The maximum atomic E-state index is 5.79. The molecule has 1 aromatic heterocycles. The lowest BCUT2D eigenvalue weighted by Gasteiger charge is -1.90. The van der Waals surface area contributed by atoms with Crippen molar-refractivity contribution in [3.8, 4) is 0 Å². The first-order chi connectivity index (χ1) is 6.60. The maximum Gasteiger partial charge on any atom is 0.399 e. The minimum Gasteiger partial charge on any atom is -0.261 e. The molecule has 0 saturated heterocycles. The Labute approximate surface area is 96.1 Å². The summed E-state index contributed by atoms with van der Waals surface area (Å²) < 4.78 is 0. The molecule has 0 aliphatic carbocycles. The van der Waals surface area contributed by atoms with Gasteiger partial charge >= 0.3 is 13.2 Å². The summed E-state index contributed by atoms with van der Waals surface area (Å²) in [7, 11) is 5.79. The summed E-state index contributed by atoms with van der Waals surface area (Å²) in [4.78, 5) is 4.17. The molecule has 0 saturated carbocycles. The highest BCUT2D eigenvalue weighted by atomic mass is 35.6. The molecular formula is C11H19AlClN. The molecule has 0 aliphatic rings. The van der Waals surface area contributed by atoms with E-state index in [0.717, 1.165) is 11.4 Å². The largest absolute Gasteiger partial charge is 0.399 e. The van der Waals surface area contributed by atoms with Crippen LogP contribution in [0.1, 0.15) is 25.2 Å². The number of aryl methyl sites for hydroxylation is 2. The number of nitrogens with zero attached hydrogens (tertiary/aromatic N) is 1. The summed E-state index contributed by atoms with van der Waals surface area (Å²) in [6, 6.07) is 6.00. The van der Waals surface area contributed by atoms with Gasteiger partial charge in [-0.3, -0.25) is 15.0 Å². The first-order valence-corrected chi connectivity index (χ1v) is 8.52. The first kappa shape index (κ1) is 14.0. The van der Waals surface area contributed by atoms with Crippen LogP contribution in [0.2, 0.25) is 10.6 Å². The molecule has 1 aromatic rings. The van der Waals surface area contributed by atoms with Crippen molar-refractivity contribution in [3.63, 3.8) is 0 Å². The number of hydrogen-bond acceptors (Lipinski definition) is 1. The molecule has 14 heavy (non-hydrogen) atoms. The van der Waals surface area contributed by atoms with Gasteiger partial charge in [-0.15, -0.1) is 0 Å². The van der Waals surface area contributed by atoms with Crippen molar-refractivity contribution in [2.24, 2.45) is 0 Å². The van der Waals surface area contributed by atoms with E-state index in [2.05, 4.69) is 18.8 Å². The number of halogens is 1. The molecule has 0 unspecified atom stereocenters. The van der Waals surface area contributed by atoms with Crippen LogP contribution in [-0.4, -0.2) is 18.2 Å². The van der Waals surface area contributed by atoms with E-state index < -0.39 is 13.2 Å². The predicted octanol–water partition coefficient (Wildman–Crippen LogP) is 3.95. The third-order valence-corrected chi connectivity index (χ3v) is 5.54. The average Bonchev–Trinajstić information content (AvgIpc) is 2.17. The van der Waals surface area contributed by atoms with Crippen LogP contribution in [0.25, 0.3) is 0 Å². The van der Waals surface area contributed by atoms with Crippen molar-refractivity contribution in [2.75, 3.05) is 0 Å². The van der Waals surface area contributed by atoms with E-state index in [4.69, 9.17) is 10.0 Å². The van der Waals surface area contributed by atoms with E-state index in [-0.39, 0.29) is 0 Å². The quantitative estimate of drug-likeness (QED) is 0.697. The summed E-state index contributed by atoms with van der Waals surface area (Å²) in [6.45, 7) is 8.31. The lowest BCUT2D eigenvalue weighted by molar-refractivity contribution is 1.12. The molecule has 1 rings (SSSR count). The zero-order valence-corrected chi connectivity index (χ0v) is 11.5. The zero-order valence-electron chi connectivity index (χ0n) is 9.55. The van der Waals surface area contributed by atoms with Crippen LogP contribution in [0.5, 0.6) is 0 Å². The molecule has 0 atom stereocenters. The monoisotopic (exact) mass is 227 g/mol. The molecule has 0 aliphatic heterocycles. The van der Waals surface area contributed by atoms with Gasteiger partial charge in [-0.05, 0) is 26.0 Å². The van der Waals surface area contributed by atoms with Crippen LogP contribution in [0.15, 0.2) is 18.2 Å². The number of pyridine rings is 1. The van der Waals surface area contributed by atoms with E-state index >= 15 is 0 Å². The highest BCUT2D eigenvalue weighted by Crippen LogP contribution is 2.00. The second kappa shape index (κ2) is 8.29. The van der Waals surface area contributed by atoms with E-state index in [1.165, 1.54) is 10.6 Å². The Balaban J connectivity index is 0.000000255. The highest BCUT2D eigenvalue weighted by molar-refractivity contribution is 7.06. The number of hydrogen-bond donors (Lipinski definition) is 0. The third kappa shape index (κ3) is 7.38. The molecule has 0 fully saturated rings. The topological polar surface area (TPSA) is 12.9 Å².